The Balaban J connectivity index is 1.94. The van der Waals surface area contributed by atoms with Crippen LogP contribution < -0.4 is 11.1 Å². The number of hydrogen-bond donors (Lipinski definition) is 2. The minimum atomic E-state index is -0.315. The van der Waals surface area contributed by atoms with Crippen LogP contribution in [0.4, 0.5) is 0 Å². The Hall–Kier alpha value is -0.650. The highest BCUT2D eigenvalue weighted by molar-refractivity contribution is 5.71. The monoisotopic (exact) mass is 201 g/mol. The number of hydrogen-bond acceptors (Lipinski definition) is 5. The summed E-state index contributed by atoms with van der Waals surface area (Å²) in [6, 6.07) is 0. The van der Waals surface area contributed by atoms with Crippen molar-refractivity contribution in [1.82, 2.24) is 10.2 Å². The maximum absolute atomic E-state index is 10.7. The van der Waals surface area contributed by atoms with Crippen LogP contribution in [0.5, 0.6) is 0 Å². The average molecular weight is 201 g/mol. The molecule has 0 amide bonds. The van der Waals surface area contributed by atoms with E-state index in [4.69, 9.17) is 10.5 Å². The molecule has 82 valence electrons. The summed E-state index contributed by atoms with van der Waals surface area (Å²) < 4.78 is 4.88. The van der Waals surface area contributed by atoms with Crippen LogP contribution in [0.15, 0.2) is 0 Å². The Morgan fingerprint density at radius 1 is 1.43 bits per heavy atom. The minimum absolute atomic E-state index is 0.0202. The molecular weight excluding hydrogens is 182 g/mol. The molecule has 1 heterocycles. The number of esters is 1. The van der Waals surface area contributed by atoms with E-state index in [9.17, 15) is 4.79 Å². The summed E-state index contributed by atoms with van der Waals surface area (Å²) in [5.41, 5.74) is 5.10. The van der Waals surface area contributed by atoms with Crippen molar-refractivity contribution in [3.05, 3.63) is 0 Å². The first-order valence-electron chi connectivity index (χ1n) is 5.11. The molecule has 3 N–H and O–H groups in total. The quantitative estimate of drug-likeness (QED) is 0.431. The van der Waals surface area contributed by atoms with E-state index < -0.39 is 0 Å². The van der Waals surface area contributed by atoms with Gasteiger partial charge >= 0.3 is 5.97 Å². The van der Waals surface area contributed by atoms with Crippen LogP contribution in [0.2, 0.25) is 0 Å². The molecule has 1 rings (SSSR count). The Bertz CT molecular complexity index is 169. The van der Waals surface area contributed by atoms with Crippen molar-refractivity contribution in [1.29, 1.82) is 0 Å². The molecule has 0 aliphatic carbocycles. The Labute approximate surface area is 84.6 Å². The highest BCUT2D eigenvalue weighted by atomic mass is 16.5. The van der Waals surface area contributed by atoms with Gasteiger partial charge < -0.3 is 20.7 Å². The van der Waals surface area contributed by atoms with E-state index in [-0.39, 0.29) is 12.5 Å². The number of carbonyl (C=O) groups is 1. The predicted octanol–water partition coefficient (Wildman–Crippen LogP) is -1.22. The lowest BCUT2D eigenvalue weighted by atomic mass is 10.3. The zero-order valence-electron chi connectivity index (χ0n) is 8.50. The van der Waals surface area contributed by atoms with Gasteiger partial charge in [0.1, 0.15) is 0 Å². The lowest BCUT2D eigenvalue weighted by Gasteiger charge is -2.26. The van der Waals surface area contributed by atoms with Gasteiger partial charge in [0.05, 0.1) is 13.2 Å². The number of nitrogens with two attached hydrogens (primary N) is 1. The number of nitrogens with zero attached hydrogens (tertiary/aromatic N) is 1. The molecule has 0 radical (unpaired) electrons. The molecular formula is C9H19N3O2. The van der Waals surface area contributed by atoms with Crippen molar-refractivity contribution in [3.63, 3.8) is 0 Å². The van der Waals surface area contributed by atoms with Gasteiger partial charge in [0.15, 0.2) is 0 Å². The fourth-order valence-corrected chi connectivity index (χ4v) is 1.47. The fourth-order valence-electron chi connectivity index (χ4n) is 1.47. The molecule has 14 heavy (non-hydrogen) atoms. The zero-order valence-corrected chi connectivity index (χ0v) is 8.50. The highest BCUT2D eigenvalue weighted by Crippen LogP contribution is 1.94. The van der Waals surface area contributed by atoms with E-state index in [1.165, 1.54) is 0 Å². The molecule has 0 spiro atoms. The normalized spacial score (nSPS) is 18.1. The fraction of sp³-hybridized carbons (Fsp3) is 0.889. The van der Waals surface area contributed by atoms with Crippen molar-refractivity contribution in [2.75, 3.05) is 45.9 Å². The van der Waals surface area contributed by atoms with Gasteiger partial charge in [-0.3, -0.25) is 4.79 Å². The molecule has 0 aromatic rings. The smallest absolute Gasteiger partial charge is 0.319 e. The van der Waals surface area contributed by atoms with Crippen LogP contribution in [0.3, 0.4) is 0 Å². The second-order valence-electron chi connectivity index (χ2n) is 3.37. The van der Waals surface area contributed by atoms with Crippen molar-refractivity contribution < 1.29 is 9.53 Å². The number of carbonyl (C=O) groups excluding carboxylic acids is 1. The predicted molar refractivity (Wildman–Crippen MR) is 53.9 cm³/mol. The van der Waals surface area contributed by atoms with Gasteiger partial charge in [-0.1, -0.05) is 0 Å². The maximum atomic E-state index is 10.7. The summed E-state index contributed by atoms with van der Waals surface area (Å²) in [6.07, 6.45) is 0.895. The first-order valence-corrected chi connectivity index (χ1v) is 5.11. The molecule has 0 bridgehead atoms. The Morgan fingerprint density at radius 3 is 2.79 bits per heavy atom. The molecule has 0 atom stereocenters. The van der Waals surface area contributed by atoms with Gasteiger partial charge in [-0.2, -0.15) is 0 Å². The van der Waals surface area contributed by atoms with E-state index in [0.717, 1.165) is 39.1 Å². The maximum Gasteiger partial charge on any atom is 0.319 e. The summed E-state index contributed by atoms with van der Waals surface area (Å²) in [5.74, 6) is -0.315. The van der Waals surface area contributed by atoms with Crippen LogP contribution in [-0.4, -0.2) is 56.7 Å². The van der Waals surface area contributed by atoms with Gasteiger partial charge in [0, 0.05) is 32.7 Å². The first kappa shape index (κ1) is 11.4. The van der Waals surface area contributed by atoms with E-state index in [2.05, 4.69) is 10.2 Å². The van der Waals surface area contributed by atoms with E-state index >= 15 is 0 Å². The average Bonchev–Trinajstić information content (AvgIpc) is 2.25. The second-order valence-corrected chi connectivity index (χ2v) is 3.37. The summed E-state index contributed by atoms with van der Waals surface area (Å²) in [4.78, 5) is 13.1. The molecule has 0 aromatic heterocycles. The minimum Gasteiger partial charge on any atom is -0.465 e. The number of nitrogens with one attached hydrogen (secondary N) is 1. The molecule has 1 aliphatic heterocycles. The van der Waals surface area contributed by atoms with Gasteiger partial charge in [0.2, 0.25) is 0 Å². The van der Waals surface area contributed by atoms with Crippen molar-refractivity contribution in [2.24, 2.45) is 5.73 Å². The number of rotatable bonds is 5. The third-order valence-corrected chi connectivity index (χ3v) is 2.26. The van der Waals surface area contributed by atoms with Crippen LogP contribution in [0, 0.1) is 0 Å². The standard InChI is InChI=1S/C9H19N3O2/c10-8-9(13)14-7-1-4-12-5-2-11-3-6-12/h11H,1-8,10H2. The van der Waals surface area contributed by atoms with Crippen LogP contribution in [0.1, 0.15) is 6.42 Å². The van der Waals surface area contributed by atoms with Gasteiger partial charge in [0.25, 0.3) is 0 Å². The van der Waals surface area contributed by atoms with Crippen molar-refractivity contribution in [2.45, 2.75) is 6.42 Å². The molecule has 5 heteroatoms. The highest BCUT2D eigenvalue weighted by Gasteiger charge is 2.08. The Morgan fingerprint density at radius 2 is 2.14 bits per heavy atom. The molecule has 1 fully saturated rings. The van der Waals surface area contributed by atoms with Crippen LogP contribution in [0.25, 0.3) is 0 Å². The van der Waals surface area contributed by atoms with Crippen LogP contribution >= 0.6 is 0 Å². The molecule has 0 aromatic carbocycles. The lowest BCUT2D eigenvalue weighted by Crippen LogP contribution is -2.43. The van der Waals surface area contributed by atoms with E-state index in [0.29, 0.717) is 6.61 Å². The molecule has 5 nitrogen and oxygen atoms in total. The first-order chi connectivity index (χ1) is 6.83. The number of ether oxygens (including phenoxy) is 1. The SMILES string of the molecule is NCC(=O)OCCCN1CCNCC1. The molecule has 1 saturated heterocycles. The van der Waals surface area contributed by atoms with Crippen molar-refractivity contribution in [3.8, 4) is 0 Å². The van der Waals surface area contributed by atoms with E-state index in [1.54, 1.807) is 0 Å². The zero-order chi connectivity index (χ0) is 10.2. The summed E-state index contributed by atoms with van der Waals surface area (Å²) in [5, 5.41) is 3.29. The third-order valence-electron chi connectivity index (χ3n) is 2.26. The lowest BCUT2D eigenvalue weighted by molar-refractivity contribution is -0.142. The summed E-state index contributed by atoms with van der Waals surface area (Å²) in [7, 11) is 0. The topological polar surface area (TPSA) is 67.6 Å². The summed E-state index contributed by atoms with van der Waals surface area (Å²) >= 11 is 0. The molecule has 1 aliphatic rings. The van der Waals surface area contributed by atoms with Crippen LogP contribution in [-0.2, 0) is 9.53 Å². The molecule has 0 saturated carbocycles. The van der Waals surface area contributed by atoms with Gasteiger partial charge in [-0.15, -0.1) is 0 Å². The molecule has 0 unspecified atom stereocenters. The number of piperazine rings is 1. The van der Waals surface area contributed by atoms with Crippen molar-refractivity contribution >= 4 is 5.97 Å². The summed E-state index contributed by atoms with van der Waals surface area (Å²) in [6.45, 7) is 5.76. The Kier molecular flexibility index (Phi) is 5.51. The second kappa shape index (κ2) is 6.75. The van der Waals surface area contributed by atoms with E-state index in [1.807, 2.05) is 0 Å². The third kappa shape index (κ3) is 4.55. The largest absolute Gasteiger partial charge is 0.465 e. The van der Waals surface area contributed by atoms with Gasteiger partial charge in [-0.05, 0) is 6.42 Å². The van der Waals surface area contributed by atoms with Gasteiger partial charge in [-0.25, -0.2) is 0 Å².